The van der Waals surface area contributed by atoms with Crippen LogP contribution in [0, 0.1) is 5.82 Å². The molecule has 0 spiro atoms. The highest BCUT2D eigenvalue weighted by Gasteiger charge is 2.11. The number of halogens is 1. The van der Waals surface area contributed by atoms with Crippen molar-refractivity contribution >= 4 is 33.0 Å². The second-order valence-corrected chi connectivity index (χ2v) is 7.17. The lowest BCUT2D eigenvalue weighted by molar-refractivity contribution is 0.588. The molecule has 3 rings (SSSR count). The standard InChI is InChI=1S/C17H16FN5O2S/c1-19-26(24,25)15-7-3-6-14(9-15)23-17-10-16(20-11-21-17)22-13-5-2-4-12(18)8-13/h2-11,19H,1H3,(H2,20,21,22,23). The van der Waals surface area contributed by atoms with Crippen LogP contribution in [-0.2, 0) is 10.0 Å². The summed E-state index contributed by atoms with van der Waals surface area (Å²) in [5.41, 5.74) is 1.11. The normalized spacial score (nSPS) is 11.2. The van der Waals surface area contributed by atoms with Gasteiger partial charge in [-0.3, -0.25) is 0 Å². The van der Waals surface area contributed by atoms with Gasteiger partial charge in [-0.2, -0.15) is 0 Å². The molecule has 0 aliphatic carbocycles. The predicted octanol–water partition coefficient (Wildman–Crippen LogP) is 3.01. The van der Waals surface area contributed by atoms with Gasteiger partial charge in [0.2, 0.25) is 10.0 Å². The molecule has 3 N–H and O–H groups in total. The van der Waals surface area contributed by atoms with Crippen molar-refractivity contribution in [2.45, 2.75) is 4.90 Å². The molecule has 1 heterocycles. The Hall–Kier alpha value is -3.04. The van der Waals surface area contributed by atoms with Crippen molar-refractivity contribution in [3.63, 3.8) is 0 Å². The minimum absolute atomic E-state index is 0.136. The minimum Gasteiger partial charge on any atom is -0.340 e. The van der Waals surface area contributed by atoms with Gasteiger partial charge >= 0.3 is 0 Å². The topological polar surface area (TPSA) is 96.0 Å². The van der Waals surface area contributed by atoms with Crippen LogP contribution in [0.2, 0.25) is 0 Å². The van der Waals surface area contributed by atoms with Gasteiger partial charge in [0.1, 0.15) is 23.8 Å². The summed E-state index contributed by atoms with van der Waals surface area (Å²) in [7, 11) is -2.19. The summed E-state index contributed by atoms with van der Waals surface area (Å²) in [5.74, 6) is 0.565. The van der Waals surface area contributed by atoms with Gasteiger partial charge in [-0.25, -0.2) is 27.5 Å². The second-order valence-electron chi connectivity index (χ2n) is 5.28. The molecule has 26 heavy (non-hydrogen) atoms. The molecule has 0 radical (unpaired) electrons. The van der Waals surface area contributed by atoms with Crippen LogP contribution in [0.4, 0.5) is 27.4 Å². The van der Waals surface area contributed by atoms with Crippen molar-refractivity contribution in [2.75, 3.05) is 17.7 Å². The van der Waals surface area contributed by atoms with Gasteiger partial charge in [0.15, 0.2) is 0 Å². The van der Waals surface area contributed by atoms with E-state index in [9.17, 15) is 12.8 Å². The van der Waals surface area contributed by atoms with Crippen LogP contribution in [0.25, 0.3) is 0 Å². The zero-order valence-corrected chi connectivity index (χ0v) is 14.6. The summed E-state index contributed by atoms with van der Waals surface area (Å²) in [4.78, 5) is 8.33. The van der Waals surface area contributed by atoms with Gasteiger partial charge in [-0.1, -0.05) is 12.1 Å². The van der Waals surface area contributed by atoms with Crippen molar-refractivity contribution in [1.82, 2.24) is 14.7 Å². The summed E-state index contributed by atoms with van der Waals surface area (Å²) in [6, 6.07) is 14.0. The Morgan fingerprint density at radius 2 is 1.50 bits per heavy atom. The van der Waals surface area contributed by atoms with Crippen LogP contribution in [-0.4, -0.2) is 25.4 Å². The number of sulfonamides is 1. The van der Waals surface area contributed by atoms with Crippen LogP contribution in [0.3, 0.4) is 0 Å². The second kappa shape index (κ2) is 7.46. The maximum Gasteiger partial charge on any atom is 0.240 e. The first-order valence-electron chi connectivity index (χ1n) is 7.61. The number of hydrogen-bond donors (Lipinski definition) is 3. The number of benzene rings is 2. The zero-order chi connectivity index (χ0) is 18.6. The monoisotopic (exact) mass is 373 g/mol. The lowest BCUT2D eigenvalue weighted by Gasteiger charge is -2.10. The third-order valence-electron chi connectivity index (χ3n) is 3.45. The Labute approximate surface area is 150 Å². The zero-order valence-electron chi connectivity index (χ0n) is 13.8. The summed E-state index contributed by atoms with van der Waals surface area (Å²) in [6.07, 6.45) is 1.35. The van der Waals surface area contributed by atoms with E-state index in [4.69, 9.17) is 0 Å². The highest BCUT2D eigenvalue weighted by Crippen LogP contribution is 2.21. The molecule has 7 nitrogen and oxygen atoms in total. The van der Waals surface area contributed by atoms with E-state index >= 15 is 0 Å². The lowest BCUT2D eigenvalue weighted by Crippen LogP contribution is -2.18. The summed E-state index contributed by atoms with van der Waals surface area (Å²) >= 11 is 0. The van der Waals surface area contributed by atoms with Crippen LogP contribution >= 0.6 is 0 Å². The van der Waals surface area contributed by atoms with Crippen molar-refractivity contribution in [1.29, 1.82) is 0 Å². The van der Waals surface area contributed by atoms with E-state index in [-0.39, 0.29) is 10.7 Å². The first-order valence-corrected chi connectivity index (χ1v) is 9.10. The molecule has 0 aliphatic heterocycles. The van der Waals surface area contributed by atoms with E-state index in [2.05, 4.69) is 25.3 Å². The predicted molar refractivity (Wildman–Crippen MR) is 97.7 cm³/mol. The Morgan fingerprint density at radius 1 is 0.885 bits per heavy atom. The fourth-order valence-electron chi connectivity index (χ4n) is 2.21. The van der Waals surface area contributed by atoms with Crippen LogP contribution < -0.4 is 15.4 Å². The Morgan fingerprint density at radius 3 is 2.12 bits per heavy atom. The molecule has 0 fully saturated rings. The van der Waals surface area contributed by atoms with Gasteiger partial charge < -0.3 is 10.6 Å². The highest BCUT2D eigenvalue weighted by atomic mass is 32.2. The van der Waals surface area contributed by atoms with Gasteiger partial charge in [0.05, 0.1) is 4.90 Å². The number of nitrogens with zero attached hydrogens (tertiary/aromatic N) is 2. The smallest absolute Gasteiger partial charge is 0.240 e. The van der Waals surface area contributed by atoms with E-state index in [1.165, 1.54) is 37.6 Å². The molecule has 0 bridgehead atoms. The fourth-order valence-corrected chi connectivity index (χ4v) is 2.99. The molecule has 1 aromatic heterocycles. The van der Waals surface area contributed by atoms with Crippen molar-refractivity contribution in [3.05, 3.63) is 66.7 Å². The van der Waals surface area contributed by atoms with Crippen LogP contribution in [0.5, 0.6) is 0 Å². The van der Waals surface area contributed by atoms with E-state index in [0.29, 0.717) is 23.0 Å². The number of nitrogens with one attached hydrogen (secondary N) is 3. The molecule has 0 atom stereocenters. The summed E-state index contributed by atoms with van der Waals surface area (Å²) in [5, 5.41) is 6.00. The fraction of sp³-hybridized carbons (Fsp3) is 0.0588. The Balaban J connectivity index is 1.80. The molecular weight excluding hydrogens is 357 g/mol. The molecule has 9 heteroatoms. The van der Waals surface area contributed by atoms with E-state index < -0.39 is 10.0 Å². The summed E-state index contributed by atoms with van der Waals surface area (Å²) < 4.78 is 39.3. The van der Waals surface area contributed by atoms with Crippen molar-refractivity contribution < 1.29 is 12.8 Å². The molecule has 3 aromatic rings. The average molecular weight is 373 g/mol. The maximum atomic E-state index is 13.3. The van der Waals surface area contributed by atoms with Gasteiger partial charge in [-0.05, 0) is 43.4 Å². The van der Waals surface area contributed by atoms with Gasteiger partial charge in [0, 0.05) is 17.4 Å². The number of anilines is 4. The largest absolute Gasteiger partial charge is 0.340 e. The quantitative estimate of drug-likeness (QED) is 0.615. The van der Waals surface area contributed by atoms with Gasteiger partial charge in [-0.15, -0.1) is 0 Å². The molecule has 0 saturated carbocycles. The van der Waals surface area contributed by atoms with Crippen LogP contribution in [0.15, 0.2) is 65.8 Å². The van der Waals surface area contributed by atoms with Crippen molar-refractivity contribution in [2.24, 2.45) is 0 Å². The lowest BCUT2D eigenvalue weighted by atomic mass is 10.3. The number of hydrogen-bond acceptors (Lipinski definition) is 6. The third kappa shape index (κ3) is 4.32. The van der Waals surface area contributed by atoms with Crippen molar-refractivity contribution in [3.8, 4) is 0 Å². The SMILES string of the molecule is CNS(=O)(=O)c1cccc(Nc2cc(Nc3cccc(F)c3)ncn2)c1. The first-order chi connectivity index (χ1) is 12.5. The van der Waals surface area contributed by atoms with E-state index in [1.54, 1.807) is 30.3 Å². The Kier molecular flexibility index (Phi) is 5.10. The first kappa shape index (κ1) is 17.8. The van der Waals surface area contributed by atoms with Gasteiger partial charge in [0.25, 0.3) is 0 Å². The molecule has 0 saturated heterocycles. The Bertz CT molecular complexity index is 1030. The molecule has 2 aromatic carbocycles. The third-order valence-corrected chi connectivity index (χ3v) is 4.86. The number of aromatic nitrogens is 2. The maximum absolute atomic E-state index is 13.3. The molecular formula is C17H16FN5O2S. The van der Waals surface area contributed by atoms with Crippen LogP contribution in [0.1, 0.15) is 0 Å². The molecule has 0 aliphatic rings. The molecule has 0 unspecified atom stereocenters. The number of rotatable bonds is 6. The molecule has 0 amide bonds. The van der Waals surface area contributed by atoms with E-state index in [0.717, 1.165) is 0 Å². The minimum atomic E-state index is -3.54. The summed E-state index contributed by atoms with van der Waals surface area (Å²) in [6.45, 7) is 0. The molecule has 134 valence electrons. The van der Waals surface area contributed by atoms with E-state index in [1.807, 2.05) is 0 Å². The average Bonchev–Trinajstić information content (AvgIpc) is 2.62. The highest BCUT2D eigenvalue weighted by molar-refractivity contribution is 7.89.